The highest BCUT2D eigenvalue weighted by molar-refractivity contribution is 6.14. The number of carbonyl (C=O) groups is 1. The third kappa shape index (κ3) is 3.18. The Hall–Kier alpha value is -3.73. The van der Waals surface area contributed by atoms with E-state index in [1.807, 2.05) is 48.5 Å². The Labute approximate surface area is 162 Å². The summed E-state index contributed by atoms with van der Waals surface area (Å²) in [6, 6.07) is 18.1. The van der Waals surface area contributed by atoms with Crippen molar-refractivity contribution in [2.45, 2.75) is 0 Å². The summed E-state index contributed by atoms with van der Waals surface area (Å²) < 4.78 is 21.6. The minimum Gasteiger partial charge on any atom is -0.497 e. The van der Waals surface area contributed by atoms with Crippen LogP contribution >= 0.6 is 0 Å². The average Bonchev–Trinajstić information content (AvgIpc) is 3.43. The molecular weight excluding hydrogens is 356 g/mol. The van der Waals surface area contributed by atoms with Crippen LogP contribution in [0.2, 0.25) is 0 Å². The van der Waals surface area contributed by atoms with E-state index >= 15 is 0 Å². The molecule has 140 valence electrons. The molecule has 0 atom stereocenters. The lowest BCUT2D eigenvalue weighted by Gasteiger charge is -2.06. The van der Waals surface area contributed by atoms with Gasteiger partial charge in [0.1, 0.15) is 23.0 Å². The first-order chi connectivity index (χ1) is 13.7. The van der Waals surface area contributed by atoms with Gasteiger partial charge in [-0.15, -0.1) is 0 Å². The number of methoxy groups -OCH3 is 2. The minimum absolute atomic E-state index is 0.167. The van der Waals surface area contributed by atoms with Crippen molar-refractivity contribution in [3.05, 3.63) is 84.3 Å². The predicted molar refractivity (Wildman–Crippen MR) is 105 cm³/mol. The van der Waals surface area contributed by atoms with Gasteiger partial charge in [-0.3, -0.25) is 4.79 Å². The molecule has 0 radical (unpaired) electrons. The second-order valence-corrected chi connectivity index (χ2v) is 6.11. The second-order valence-electron chi connectivity index (χ2n) is 6.11. The Morgan fingerprint density at radius 3 is 1.39 bits per heavy atom. The molecule has 0 saturated heterocycles. The molecule has 0 spiro atoms. The van der Waals surface area contributed by atoms with Gasteiger partial charge in [0.2, 0.25) is 5.78 Å². The largest absolute Gasteiger partial charge is 0.497 e. The molecular formula is C23H18O5. The van der Waals surface area contributed by atoms with Gasteiger partial charge in [-0.2, -0.15) is 0 Å². The minimum atomic E-state index is -0.167. The van der Waals surface area contributed by atoms with Crippen LogP contribution in [0.3, 0.4) is 0 Å². The Kier molecular flexibility index (Phi) is 4.72. The van der Waals surface area contributed by atoms with Crippen LogP contribution in [0, 0.1) is 0 Å². The molecule has 5 heteroatoms. The van der Waals surface area contributed by atoms with E-state index < -0.39 is 0 Å². The number of ketones is 1. The fraction of sp³-hybridized carbons (Fsp3) is 0.0870. The van der Waals surface area contributed by atoms with E-state index in [-0.39, 0.29) is 5.78 Å². The Morgan fingerprint density at radius 2 is 1.04 bits per heavy atom. The molecule has 2 aromatic carbocycles. The van der Waals surface area contributed by atoms with E-state index in [0.717, 1.165) is 22.6 Å². The zero-order valence-corrected chi connectivity index (χ0v) is 15.5. The number of carbonyl (C=O) groups excluding carboxylic acids is 1. The number of ether oxygens (including phenoxy) is 2. The Balaban J connectivity index is 1.70. The Morgan fingerprint density at radius 1 is 0.643 bits per heavy atom. The number of hydrogen-bond acceptors (Lipinski definition) is 5. The van der Waals surface area contributed by atoms with Crippen molar-refractivity contribution in [1.82, 2.24) is 0 Å². The van der Waals surface area contributed by atoms with Crippen molar-refractivity contribution in [1.29, 1.82) is 0 Å². The van der Waals surface area contributed by atoms with Crippen molar-refractivity contribution < 1.29 is 23.1 Å². The third-order valence-corrected chi connectivity index (χ3v) is 4.52. The third-order valence-electron chi connectivity index (χ3n) is 4.52. The average molecular weight is 374 g/mol. The van der Waals surface area contributed by atoms with Crippen LogP contribution in [-0.4, -0.2) is 20.0 Å². The molecule has 0 saturated carbocycles. The number of hydrogen-bond donors (Lipinski definition) is 0. The van der Waals surface area contributed by atoms with E-state index in [0.29, 0.717) is 22.6 Å². The zero-order chi connectivity index (χ0) is 19.5. The number of furan rings is 2. The lowest BCUT2D eigenvalue weighted by atomic mass is 9.98. The highest BCUT2D eigenvalue weighted by Crippen LogP contribution is 2.32. The molecule has 2 heterocycles. The predicted octanol–water partition coefficient (Wildman–Crippen LogP) is 5.45. The summed E-state index contributed by atoms with van der Waals surface area (Å²) >= 11 is 0. The maximum Gasteiger partial charge on any atom is 0.200 e. The van der Waals surface area contributed by atoms with Crippen molar-refractivity contribution in [2.24, 2.45) is 0 Å². The van der Waals surface area contributed by atoms with Crippen LogP contribution < -0.4 is 9.47 Å². The lowest BCUT2D eigenvalue weighted by Crippen LogP contribution is -2.02. The second kappa shape index (κ2) is 7.48. The van der Waals surface area contributed by atoms with Crippen LogP contribution in [0.25, 0.3) is 22.6 Å². The molecule has 0 bridgehead atoms. The molecule has 0 aliphatic carbocycles. The normalized spacial score (nSPS) is 10.6. The summed E-state index contributed by atoms with van der Waals surface area (Å²) in [4.78, 5) is 13.2. The maximum atomic E-state index is 13.2. The van der Waals surface area contributed by atoms with Gasteiger partial charge in [0.25, 0.3) is 0 Å². The first-order valence-electron chi connectivity index (χ1n) is 8.70. The van der Waals surface area contributed by atoms with Gasteiger partial charge in [0.15, 0.2) is 0 Å². The van der Waals surface area contributed by atoms with Gasteiger partial charge >= 0.3 is 0 Å². The van der Waals surface area contributed by atoms with Crippen molar-refractivity contribution >= 4 is 5.78 Å². The first kappa shape index (κ1) is 17.7. The van der Waals surface area contributed by atoms with E-state index in [2.05, 4.69) is 0 Å². The van der Waals surface area contributed by atoms with Gasteiger partial charge in [-0.05, 0) is 60.7 Å². The summed E-state index contributed by atoms with van der Waals surface area (Å²) in [5, 5.41) is 0. The van der Waals surface area contributed by atoms with E-state index in [4.69, 9.17) is 18.3 Å². The molecule has 4 aromatic rings. The van der Waals surface area contributed by atoms with E-state index in [1.54, 1.807) is 26.4 Å². The summed E-state index contributed by atoms with van der Waals surface area (Å²) in [5.74, 6) is 2.32. The first-order valence-corrected chi connectivity index (χ1v) is 8.70. The molecule has 2 aromatic heterocycles. The fourth-order valence-corrected chi connectivity index (χ4v) is 3.05. The smallest absolute Gasteiger partial charge is 0.200 e. The topological polar surface area (TPSA) is 61.8 Å². The number of rotatable bonds is 6. The monoisotopic (exact) mass is 374 g/mol. The maximum absolute atomic E-state index is 13.2. The van der Waals surface area contributed by atoms with Crippen LogP contribution in [0.1, 0.15) is 15.9 Å². The van der Waals surface area contributed by atoms with Crippen molar-refractivity contribution in [3.63, 3.8) is 0 Å². The quantitative estimate of drug-likeness (QED) is 0.420. The van der Waals surface area contributed by atoms with E-state index in [1.165, 1.54) is 12.5 Å². The van der Waals surface area contributed by atoms with Crippen LogP contribution in [0.5, 0.6) is 11.5 Å². The fourth-order valence-electron chi connectivity index (χ4n) is 3.05. The standard InChI is InChI=1S/C23H18O5/c1-25-17-7-3-15(4-8-17)22-19(11-13-27-22)21(24)20-12-14-28-23(20)16-5-9-18(26-2)10-6-16/h3-14H,1-2H3. The van der Waals surface area contributed by atoms with Gasteiger partial charge in [-0.25, -0.2) is 0 Å². The van der Waals surface area contributed by atoms with Gasteiger partial charge < -0.3 is 18.3 Å². The van der Waals surface area contributed by atoms with E-state index in [9.17, 15) is 4.79 Å². The van der Waals surface area contributed by atoms with Crippen molar-refractivity contribution in [2.75, 3.05) is 14.2 Å². The number of benzene rings is 2. The molecule has 4 rings (SSSR count). The summed E-state index contributed by atoms with van der Waals surface area (Å²) in [7, 11) is 3.22. The SMILES string of the molecule is COc1ccc(-c2occc2C(=O)c2ccoc2-c2ccc(OC)cc2)cc1. The lowest BCUT2D eigenvalue weighted by molar-refractivity contribution is 0.103. The summed E-state index contributed by atoms with van der Waals surface area (Å²) in [5.41, 5.74) is 2.54. The summed E-state index contributed by atoms with van der Waals surface area (Å²) in [6.07, 6.45) is 3.03. The highest BCUT2D eigenvalue weighted by Gasteiger charge is 2.23. The highest BCUT2D eigenvalue weighted by atomic mass is 16.5. The molecule has 0 N–H and O–H groups in total. The molecule has 28 heavy (non-hydrogen) atoms. The van der Waals surface area contributed by atoms with Gasteiger partial charge in [0, 0.05) is 11.1 Å². The van der Waals surface area contributed by atoms with Crippen molar-refractivity contribution in [3.8, 4) is 34.1 Å². The van der Waals surface area contributed by atoms with Gasteiger partial charge in [0.05, 0.1) is 37.9 Å². The van der Waals surface area contributed by atoms with Crippen LogP contribution in [0.4, 0.5) is 0 Å². The summed E-state index contributed by atoms with van der Waals surface area (Å²) in [6.45, 7) is 0. The van der Waals surface area contributed by atoms with Crippen LogP contribution in [-0.2, 0) is 0 Å². The zero-order valence-electron chi connectivity index (χ0n) is 15.5. The molecule has 5 nitrogen and oxygen atoms in total. The molecule has 0 unspecified atom stereocenters. The molecule has 0 amide bonds. The molecule has 0 fully saturated rings. The van der Waals surface area contributed by atoms with Gasteiger partial charge in [-0.1, -0.05) is 0 Å². The molecule has 0 aliphatic rings. The van der Waals surface area contributed by atoms with Crippen LogP contribution in [0.15, 0.2) is 82.0 Å². The Bertz CT molecular complexity index is 997. The molecule has 0 aliphatic heterocycles.